The number of carbonyl (C=O) groups is 2. The summed E-state index contributed by atoms with van der Waals surface area (Å²) in [5, 5.41) is 9.43. The summed E-state index contributed by atoms with van der Waals surface area (Å²) in [6.07, 6.45) is 1.44. The highest BCUT2D eigenvalue weighted by Crippen LogP contribution is 2.29. The van der Waals surface area contributed by atoms with Crippen LogP contribution < -0.4 is 4.90 Å². The molecule has 0 spiro atoms. The van der Waals surface area contributed by atoms with Crippen LogP contribution in [0, 0.1) is 5.92 Å². The van der Waals surface area contributed by atoms with E-state index in [0.29, 0.717) is 44.9 Å². The van der Waals surface area contributed by atoms with E-state index in [2.05, 4.69) is 4.98 Å². The second-order valence-corrected chi connectivity index (χ2v) is 7.16. The van der Waals surface area contributed by atoms with Crippen molar-refractivity contribution < 1.29 is 23.8 Å². The number of carboxylic acids is 1. The molecule has 2 unspecified atom stereocenters. The normalized spacial score (nSPS) is 23.9. The maximum atomic E-state index is 12.9. The summed E-state index contributed by atoms with van der Waals surface area (Å²) in [5.74, 6) is -1.23. The van der Waals surface area contributed by atoms with Crippen LogP contribution in [0.25, 0.3) is 11.1 Å². The summed E-state index contributed by atoms with van der Waals surface area (Å²) < 4.78 is 11.1. The van der Waals surface area contributed by atoms with Gasteiger partial charge in [-0.1, -0.05) is 12.1 Å². The minimum atomic E-state index is -0.966. The first-order valence-corrected chi connectivity index (χ1v) is 9.23. The molecular formula is C19H23N3O5. The number of ether oxygens (including phenoxy) is 1. The molecule has 0 radical (unpaired) electrons. The molecule has 2 atom stereocenters. The number of piperidine rings is 1. The standard InChI is InChI=1S/C19H23N3O5/c1-26-13-10-15(18(24)25)22(11-13)17(23)12-6-8-21(9-7-12)19-20-14-4-2-3-5-16(14)27-19/h2-5,12-13,15H,6-11H2,1H3,(H,24,25). The van der Waals surface area contributed by atoms with Crippen molar-refractivity contribution in [3.63, 3.8) is 0 Å². The molecule has 144 valence electrons. The lowest BCUT2D eigenvalue weighted by Gasteiger charge is -2.33. The molecule has 2 aromatic rings. The number of likely N-dealkylation sites (tertiary alicyclic amines) is 1. The van der Waals surface area contributed by atoms with Crippen molar-refractivity contribution in [3.05, 3.63) is 24.3 Å². The van der Waals surface area contributed by atoms with Gasteiger partial charge in [0.15, 0.2) is 5.58 Å². The van der Waals surface area contributed by atoms with Crippen molar-refractivity contribution in [2.24, 2.45) is 5.92 Å². The van der Waals surface area contributed by atoms with E-state index in [0.717, 1.165) is 11.1 Å². The molecule has 0 bridgehead atoms. The van der Waals surface area contributed by atoms with E-state index in [-0.39, 0.29) is 17.9 Å². The molecule has 1 amide bonds. The lowest BCUT2D eigenvalue weighted by Crippen LogP contribution is -2.47. The number of aliphatic carboxylic acids is 1. The highest BCUT2D eigenvalue weighted by molar-refractivity contribution is 5.86. The third-order valence-electron chi connectivity index (χ3n) is 5.56. The van der Waals surface area contributed by atoms with E-state index >= 15 is 0 Å². The van der Waals surface area contributed by atoms with E-state index in [1.807, 2.05) is 29.2 Å². The molecule has 27 heavy (non-hydrogen) atoms. The zero-order valence-electron chi connectivity index (χ0n) is 15.2. The van der Waals surface area contributed by atoms with Gasteiger partial charge >= 0.3 is 5.97 Å². The number of rotatable bonds is 4. The van der Waals surface area contributed by atoms with Crippen LogP contribution in [0.4, 0.5) is 6.01 Å². The fraction of sp³-hybridized carbons (Fsp3) is 0.526. The SMILES string of the molecule is COC1CC(C(=O)O)N(C(=O)C2CCN(c3nc4ccccc4o3)CC2)C1. The van der Waals surface area contributed by atoms with Crippen molar-refractivity contribution in [2.75, 3.05) is 31.6 Å². The van der Waals surface area contributed by atoms with Crippen LogP contribution in [0.2, 0.25) is 0 Å². The lowest BCUT2D eigenvalue weighted by molar-refractivity contribution is -0.150. The van der Waals surface area contributed by atoms with Gasteiger partial charge in [-0.3, -0.25) is 4.79 Å². The van der Waals surface area contributed by atoms with Crippen molar-refractivity contribution in [3.8, 4) is 0 Å². The zero-order chi connectivity index (χ0) is 19.0. The quantitative estimate of drug-likeness (QED) is 0.872. The van der Waals surface area contributed by atoms with Gasteiger partial charge in [0.25, 0.3) is 6.01 Å². The number of hydrogen-bond donors (Lipinski definition) is 1. The van der Waals surface area contributed by atoms with E-state index < -0.39 is 12.0 Å². The first-order valence-electron chi connectivity index (χ1n) is 9.23. The van der Waals surface area contributed by atoms with Gasteiger partial charge in [-0.2, -0.15) is 4.98 Å². The Morgan fingerprint density at radius 3 is 2.67 bits per heavy atom. The Bertz CT molecular complexity index is 810. The molecule has 8 heteroatoms. The average Bonchev–Trinajstić information content (AvgIpc) is 3.32. The van der Waals surface area contributed by atoms with E-state index in [4.69, 9.17) is 9.15 Å². The smallest absolute Gasteiger partial charge is 0.326 e. The van der Waals surface area contributed by atoms with E-state index in [1.165, 1.54) is 4.90 Å². The number of aromatic nitrogens is 1. The number of carbonyl (C=O) groups excluding carboxylic acids is 1. The topological polar surface area (TPSA) is 96.1 Å². The maximum absolute atomic E-state index is 12.9. The number of anilines is 1. The van der Waals surface area contributed by atoms with Gasteiger partial charge in [0.1, 0.15) is 11.6 Å². The van der Waals surface area contributed by atoms with Crippen LogP contribution >= 0.6 is 0 Å². The van der Waals surface area contributed by atoms with E-state index in [9.17, 15) is 14.7 Å². The summed E-state index contributed by atoms with van der Waals surface area (Å²) >= 11 is 0. The summed E-state index contributed by atoms with van der Waals surface area (Å²) in [4.78, 5) is 32.4. The van der Waals surface area contributed by atoms with Gasteiger partial charge in [-0.05, 0) is 25.0 Å². The zero-order valence-corrected chi connectivity index (χ0v) is 15.2. The van der Waals surface area contributed by atoms with Crippen molar-refractivity contribution in [2.45, 2.75) is 31.4 Å². The van der Waals surface area contributed by atoms with Crippen LogP contribution in [0.3, 0.4) is 0 Å². The molecule has 1 N–H and O–H groups in total. The predicted octanol–water partition coefficient (Wildman–Crippen LogP) is 1.74. The Morgan fingerprint density at radius 1 is 1.26 bits per heavy atom. The Balaban J connectivity index is 1.41. The van der Waals surface area contributed by atoms with Gasteiger partial charge in [-0.15, -0.1) is 0 Å². The highest BCUT2D eigenvalue weighted by atomic mass is 16.5. The monoisotopic (exact) mass is 373 g/mol. The van der Waals surface area contributed by atoms with Crippen LogP contribution in [-0.4, -0.2) is 65.8 Å². The minimum absolute atomic E-state index is 0.0841. The molecule has 4 rings (SSSR count). The second kappa shape index (κ2) is 7.19. The van der Waals surface area contributed by atoms with Gasteiger partial charge in [0, 0.05) is 39.1 Å². The number of oxazole rings is 1. The molecule has 2 saturated heterocycles. The molecule has 8 nitrogen and oxygen atoms in total. The third-order valence-corrected chi connectivity index (χ3v) is 5.56. The van der Waals surface area contributed by atoms with Crippen LogP contribution in [0.5, 0.6) is 0 Å². The molecule has 2 aliphatic heterocycles. The summed E-state index contributed by atoms with van der Waals surface area (Å²) in [7, 11) is 1.55. The predicted molar refractivity (Wildman–Crippen MR) is 97.5 cm³/mol. The number of fused-ring (bicyclic) bond motifs is 1. The van der Waals surface area contributed by atoms with Gasteiger partial charge in [0.05, 0.1) is 6.10 Å². The molecule has 3 heterocycles. The largest absolute Gasteiger partial charge is 0.480 e. The molecule has 2 aliphatic rings. The molecule has 1 aromatic carbocycles. The highest BCUT2D eigenvalue weighted by Gasteiger charge is 2.42. The Hall–Kier alpha value is -2.61. The third kappa shape index (κ3) is 3.37. The average molecular weight is 373 g/mol. The van der Waals surface area contributed by atoms with Crippen molar-refractivity contribution in [1.29, 1.82) is 0 Å². The first-order chi connectivity index (χ1) is 13.1. The summed E-state index contributed by atoms with van der Waals surface area (Å²) in [6, 6.07) is 7.40. The molecule has 2 fully saturated rings. The number of nitrogens with zero attached hydrogens (tertiary/aromatic N) is 3. The molecule has 0 saturated carbocycles. The Morgan fingerprint density at radius 2 is 2.00 bits per heavy atom. The number of methoxy groups -OCH3 is 1. The number of carboxylic acid groups (broad SMARTS) is 1. The summed E-state index contributed by atoms with van der Waals surface area (Å²) in [6.45, 7) is 1.66. The van der Waals surface area contributed by atoms with Gasteiger partial charge in [0.2, 0.25) is 5.91 Å². The van der Waals surface area contributed by atoms with Crippen molar-refractivity contribution >= 4 is 29.0 Å². The van der Waals surface area contributed by atoms with Crippen molar-refractivity contribution in [1.82, 2.24) is 9.88 Å². The number of amides is 1. The fourth-order valence-electron chi connectivity index (χ4n) is 3.99. The first kappa shape index (κ1) is 17.8. The van der Waals surface area contributed by atoms with Crippen LogP contribution in [0.1, 0.15) is 19.3 Å². The minimum Gasteiger partial charge on any atom is -0.480 e. The summed E-state index contributed by atoms with van der Waals surface area (Å²) in [5.41, 5.74) is 1.57. The fourth-order valence-corrected chi connectivity index (χ4v) is 3.99. The van der Waals surface area contributed by atoms with Gasteiger partial charge < -0.3 is 24.1 Å². The Kier molecular flexibility index (Phi) is 4.73. The maximum Gasteiger partial charge on any atom is 0.326 e. The molecular weight excluding hydrogens is 350 g/mol. The van der Waals surface area contributed by atoms with Gasteiger partial charge in [-0.25, -0.2) is 4.79 Å². The number of hydrogen-bond acceptors (Lipinski definition) is 6. The van der Waals surface area contributed by atoms with Crippen LogP contribution in [-0.2, 0) is 14.3 Å². The second-order valence-electron chi connectivity index (χ2n) is 7.16. The molecule has 1 aromatic heterocycles. The van der Waals surface area contributed by atoms with E-state index in [1.54, 1.807) is 7.11 Å². The lowest BCUT2D eigenvalue weighted by atomic mass is 9.95. The van der Waals surface area contributed by atoms with Crippen LogP contribution in [0.15, 0.2) is 28.7 Å². The Labute approximate surface area is 156 Å². The molecule has 0 aliphatic carbocycles. The number of para-hydroxylation sites is 2. The number of benzene rings is 1.